The number of carbonyl (C=O) groups excluding carboxylic acids is 1. The van der Waals surface area contributed by atoms with Gasteiger partial charge in [0.25, 0.3) is 0 Å². The summed E-state index contributed by atoms with van der Waals surface area (Å²) in [5.74, 6) is -0.497. The Bertz CT molecular complexity index is 475. The summed E-state index contributed by atoms with van der Waals surface area (Å²) in [6.45, 7) is 3.73. The molecule has 0 saturated heterocycles. The maximum Gasteiger partial charge on any atom is 0.226 e. The fraction of sp³-hybridized carbons (Fsp3) is 0.500. The first-order chi connectivity index (χ1) is 8.41. The highest BCUT2D eigenvalue weighted by molar-refractivity contribution is 5.81. The highest BCUT2D eigenvalue weighted by Crippen LogP contribution is 2.40. The van der Waals surface area contributed by atoms with Gasteiger partial charge in [-0.1, -0.05) is 6.92 Å². The van der Waals surface area contributed by atoms with Crippen LogP contribution in [0.4, 0.5) is 8.78 Å². The summed E-state index contributed by atoms with van der Waals surface area (Å²) in [5.41, 5.74) is 0.221. The normalized spacial score (nSPS) is 23.6. The highest BCUT2D eigenvalue weighted by atomic mass is 19.1. The Morgan fingerprint density at radius 2 is 2.06 bits per heavy atom. The van der Waals surface area contributed by atoms with Crippen molar-refractivity contribution in [1.82, 2.24) is 4.90 Å². The molecule has 98 valence electrons. The van der Waals surface area contributed by atoms with E-state index >= 15 is 0 Å². The monoisotopic (exact) mass is 253 g/mol. The summed E-state index contributed by atoms with van der Waals surface area (Å²) in [6, 6.07) is 2.87. The van der Waals surface area contributed by atoms with Gasteiger partial charge in [-0.25, -0.2) is 8.78 Å². The highest BCUT2D eigenvalue weighted by Gasteiger charge is 2.41. The van der Waals surface area contributed by atoms with Crippen LogP contribution in [0.5, 0.6) is 0 Å². The number of rotatable bonds is 3. The van der Waals surface area contributed by atoms with Crippen LogP contribution in [-0.4, -0.2) is 17.9 Å². The predicted molar refractivity (Wildman–Crippen MR) is 64.8 cm³/mol. The first-order valence-corrected chi connectivity index (χ1v) is 6.13. The van der Waals surface area contributed by atoms with E-state index in [0.29, 0.717) is 5.92 Å². The van der Waals surface area contributed by atoms with E-state index in [0.717, 1.165) is 24.6 Å². The Morgan fingerprint density at radius 3 is 2.61 bits per heavy atom. The lowest BCUT2D eigenvalue weighted by Crippen LogP contribution is -2.31. The minimum atomic E-state index is -0.487. The van der Waals surface area contributed by atoms with E-state index in [4.69, 9.17) is 0 Å². The van der Waals surface area contributed by atoms with Gasteiger partial charge in [0.05, 0.1) is 6.04 Å². The Hall–Kier alpha value is -1.45. The van der Waals surface area contributed by atoms with Gasteiger partial charge in [0.1, 0.15) is 11.6 Å². The minimum Gasteiger partial charge on any atom is -0.339 e. The largest absolute Gasteiger partial charge is 0.339 e. The molecule has 0 aliphatic heterocycles. The van der Waals surface area contributed by atoms with E-state index in [9.17, 15) is 13.6 Å². The number of carbonyl (C=O) groups is 1. The second kappa shape index (κ2) is 4.67. The predicted octanol–water partition coefficient (Wildman–Crippen LogP) is 3.14. The summed E-state index contributed by atoms with van der Waals surface area (Å²) < 4.78 is 26.8. The molecule has 0 spiro atoms. The second-order valence-corrected chi connectivity index (χ2v) is 5.11. The summed E-state index contributed by atoms with van der Waals surface area (Å²) >= 11 is 0. The average molecular weight is 253 g/mol. The van der Waals surface area contributed by atoms with Crippen LogP contribution in [0.3, 0.4) is 0 Å². The Balaban J connectivity index is 2.17. The zero-order valence-electron chi connectivity index (χ0n) is 10.8. The van der Waals surface area contributed by atoms with Crippen molar-refractivity contribution in [2.75, 3.05) is 7.05 Å². The lowest BCUT2D eigenvalue weighted by molar-refractivity contribution is -0.133. The van der Waals surface area contributed by atoms with Crippen molar-refractivity contribution in [2.24, 2.45) is 11.8 Å². The molecule has 1 amide bonds. The van der Waals surface area contributed by atoms with Gasteiger partial charge in [-0.15, -0.1) is 0 Å². The van der Waals surface area contributed by atoms with Crippen LogP contribution in [-0.2, 0) is 4.79 Å². The van der Waals surface area contributed by atoms with Crippen LogP contribution >= 0.6 is 0 Å². The van der Waals surface area contributed by atoms with Crippen molar-refractivity contribution in [1.29, 1.82) is 0 Å². The van der Waals surface area contributed by atoms with Crippen LogP contribution in [0, 0.1) is 23.5 Å². The molecular weight excluding hydrogens is 236 g/mol. The first kappa shape index (κ1) is 13.0. The number of amides is 1. The lowest BCUT2D eigenvalue weighted by atomic mass is 10.1. The van der Waals surface area contributed by atoms with Gasteiger partial charge < -0.3 is 4.90 Å². The Labute approximate surface area is 106 Å². The number of halogens is 2. The first-order valence-electron chi connectivity index (χ1n) is 6.13. The molecule has 1 saturated carbocycles. The molecule has 18 heavy (non-hydrogen) atoms. The molecule has 1 aromatic rings. The topological polar surface area (TPSA) is 20.3 Å². The maximum atomic E-state index is 13.6. The number of nitrogens with zero attached hydrogens (tertiary/aromatic N) is 1. The zero-order chi connectivity index (χ0) is 13.4. The van der Waals surface area contributed by atoms with Crippen molar-refractivity contribution >= 4 is 5.91 Å². The van der Waals surface area contributed by atoms with Crippen LogP contribution < -0.4 is 0 Å². The fourth-order valence-electron chi connectivity index (χ4n) is 2.16. The van der Waals surface area contributed by atoms with Gasteiger partial charge in [-0.2, -0.15) is 0 Å². The molecule has 2 rings (SSSR count). The molecule has 0 heterocycles. The molecule has 0 radical (unpaired) electrons. The molecule has 1 aromatic carbocycles. The van der Waals surface area contributed by atoms with Crippen molar-refractivity contribution in [3.63, 3.8) is 0 Å². The van der Waals surface area contributed by atoms with E-state index < -0.39 is 17.7 Å². The zero-order valence-corrected chi connectivity index (χ0v) is 10.8. The average Bonchev–Trinajstić information content (AvgIpc) is 3.06. The molecule has 1 aliphatic rings. The molecule has 1 fully saturated rings. The molecule has 4 heteroatoms. The third kappa shape index (κ3) is 2.37. The van der Waals surface area contributed by atoms with Crippen LogP contribution in [0.15, 0.2) is 18.2 Å². The van der Waals surface area contributed by atoms with Gasteiger partial charge in [0, 0.05) is 18.5 Å². The number of benzene rings is 1. The van der Waals surface area contributed by atoms with E-state index in [2.05, 4.69) is 0 Å². The van der Waals surface area contributed by atoms with Gasteiger partial charge in [-0.3, -0.25) is 4.79 Å². The molecule has 1 aliphatic carbocycles. The summed E-state index contributed by atoms with van der Waals surface area (Å²) in [7, 11) is 1.64. The van der Waals surface area contributed by atoms with E-state index in [1.165, 1.54) is 4.90 Å². The van der Waals surface area contributed by atoms with E-state index in [1.807, 2.05) is 6.92 Å². The second-order valence-electron chi connectivity index (χ2n) is 5.11. The fourth-order valence-corrected chi connectivity index (χ4v) is 2.16. The number of hydrogen-bond acceptors (Lipinski definition) is 1. The SMILES string of the molecule is CC1CC1C(=O)N(C)C(C)c1cc(F)ccc1F. The quantitative estimate of drug-likeness (QED) is 0.810. The number of hydrogen-bond donors (Lipinski definition) is 0. The van der Waals surface area contributed by atoms with Gasteiger partial charge in [0.2, 0.25) is 5.91 Å². The molecule has 0 bridgehead atoms. The van der Waals surface area contributed by atoms with E-state index in [1.54, 1.807) is 14.0 Å². The van der Waals surface area contributed by atoms with Crippen molar-refractivity contribution in [2.45, 2.75) is 26.3 Å². The Kier molecular flexibility index (Phi) is 3.37. The van der Waals surface area contributed by atoms with Crippen LogP contribution in [0.25, 0.3) is 0 Å². The van der Waals surface area contributed by atoms with E-state index in [-0.39, 0.29) is 17.4 Å². The van der Waals surface area contributed by atoms with Crippen molar-refractivity contribution < 1.29 is 13.6 Å². The van der Waals surface area contributed by atoms with Gasteiger partial charge in [-0.05, 0) is 37.5 Å². The van der Waals surface area contributed by atoms with Crippen LogP contribution in [0.2, 0.25) is 0 Å². The smallest absolute Gasteiger partial charge is 0.226 e. The molecule has 3 atom stereocenters. The van der Waals surface area contributed by atoms with Crippen LogP contribution in [0.1, 0.15) is 31.9 Å². The third-order valence-corrected chi connectivity index (χ3v) is 3.76. The standard InChI is InChI=1S/C14H17F2NO/c1-8-6-11(8)14(18)17(3)9(2)12-7-10(15)4-5-13(12)16/h4-5,7-9,11H,6H2,1-3H3. The minimum absolute atomic E-state index is 0.0126. The molecule has 2 nitrogen and oxygen atoms in total. The van der Waals surface area contributed by atoms with Crippen molar-refractivity contribution in [3.8, 4) is 0 Å². The van der Waals surface area contributed by atoms with Gasteiger partial charge in [0.15, 0.2) is 0 Å². The molecule has 3 unspecified atom stereocenters. The summed E-state index contributed by atoms with van der Waals surface area (Å²) in [5, 5.41) is 0. The third-order valence-electron chi connectivity index (χ3n) is 3.76. The lowest BCUT2D eigenvalue weighted by Gasteiger charge is -2.26. The molecule has 0 aromatic heterocycles. The maximum absolute atomic E-state index is 13.6. The summed E-state index contributed by atoms with van der Waals surface area (Å²) in [4.78, 5) is 13.5. The van der Waals surface area contributed by atoms with Gasteiger partial charge >= 0.3 is 0 Å². The Morgan fingerprint density at radius 1 is 1.44 bits per heavy atom. The molecular formula is C14H17F2NO. The summed E-state index contributed by atoms with van der Waals surface area (Å²) in [6.07, 6.45) is 0.890. The van der Waals surface area contributed by atoms with Crippen molar-refractivity contribution in [3.05, 3.63) is 35.4 Å². The molecule has 0 N–H and O–H groups in total.